The molecule has 5 aromatic carbocycles. The average Bonchev–Trinajstić information content (AvgIpc) is 3.24. The van der Waals surface area contributed by atoms with Gasteiger partial charge in [0.2, 0.25) is 5.75 Å². The zero-order valence-corrected chi connectivity index (χ0v) is 37.2. The van der Waals surface area contributed by atoms with Crippen LogP contribution in [0.25, 0.3) is 0 Å². The van der Waals surface area contributed by atoms with Gasteiger partial charge in [-0.2, -0.15) is 0 Å². The Morgan fingerprint density at radius 3 is 1.40 bits per heavy atom. The Morgan fingerprint density at radius 1 is 0.585 bits per heavy atom. The first-order valence-corrected chi connectivity index (χ1v) is 21.5. The molecule has 0 aliphatic rings. The Hall–Kier alpha value is -7.45. The molecule has 348 valence electrons. The van der Waals surface area contributed by atoms with Crippen molar-refractivity contribution in [1.82, 2.24) is 0 Å². The molecule has 0 bridgehead atoms. The van der Waals surface area contributed by atoms with Crippen LogP contribution in [0.3, 0.4) is 0 Å². The van der Waals surface area contributed by atoms with E-state index in [9.17, 15) is 67.1 Å². The van der Waals surface area contributed by atoms with Crippen LogP contribution in [0.2, 0.25) is 5.02 Å². The molecule has 65 heavy (non-hydrogen) atoms. The molecule has 22 nitrogen and oxygen atoms in total. The van der Waals surface area contributed by atoms with Crippen molar-refractivity contribution >= 4 is 90.2 Å². The van der Waals surface area contributed by atoms with Crippen LogP contribution in [0.5, 0.6) is 57.5 Å². The highest BCUT2D eigenvalue weighted by Crippen LogP contribution is 2.40. The summed E-state index contributed by atoms with van der Waals surface area (Å²) >= 11 is 8.51. The molecule has 11 N–H and O–H groups in total. The number of halogens is 2. The smallest absolute Gasteiger partial charge is 0.325 e. The second-order valence-electron chi connectivity index (χ2n) is 12.5. The van der Waals surface area contributed by atoms with Gasteiger partial charge in [-0.05, 0) is 95.3 Å². The van der Waals surface area contributed by atoms with E-state index in [1.54, 1.807) is 13.8 Å². The van der Waals surface area contributed by atoms with E-state index in [-0.39, 0.29) is 55.3 Å². The third-order valence-corrected chi connectivity index (χ3v) is 11.1. The van der Waals surface area contributed by atoms with Crippen molar-refractivity contribution in [2.24, 2.45) is 0 Å². The fourth-order valence-electron chi connectivity index (χ4n) is 4.52. The van der Waals surface area contributed by atoms with Crippen LogP contribution in [-0.2, 0) is 19.6 Å². The predicted molar refractivity (Wildman–Crippen MR) is 234 cm³/mol. The number of hydrogen-bond acceptors (Lipinski definition) is 20. The maximum Gasteiger partial charge on any atom is 0.325 e. The molecule has 0 saturated heterocycles. The lowest BCUT2D eigenvalue weighted by atomic mass is 10.1. The van der Waals surface area contributed by atoms with Gasteiger partial charge in [0.05, 0.1) is 20.0 Å². The minimum absolute atomic E-state index is 0.0132. The van der Waals surface area contributed by atoms with Gasteiger partial charge in [-0.15, -0.1) is 0 Å². The molecule has 0 saturated carbocycles. The largest absolute Gasteiger partial charge is 0.504 e. The van der Waals surface area contributed by atoms with Crippen LogP contribution in [-0.4, -0.2) is 117 Å². The minimum Gasteiger partial charge on any atom is -0.504 e. The lowest BCUT2D eigenvalue weighted by Gasteiger charge is -2.06. The molecule has 0 radical (unpaired) electrons. The summed E-state index contributed by atoms with van der Waals surface area (Å²) in [4.78, 5) is 60.3. The van der Waals surface area contributed by atoms with Crippen molar-refractivity contribution in [1.29, 1.82) is 0 Å². The molecule has 5 rings (SSSR count). The number of phenolic OH excluding ortho intramolecular Hbond substituents is 10. The predicted octanol–water partition coefficient (Wildman–Crippen LogP) is 5.44. The number of aldehydes is 5. The zero-order chi connectivity index (χ0) is 50.5. The Balaban J connectivity index is 0.000000407. The molecule has 1 atom stereocenters. The summed E-state index contributed by atoms with van der Waals surface area (Å²) in [5.74, 6) is -2.57. The molecular formula is C39H35BrClNO21S2. The lowest BCUT2D eigenvalue weighted by molar-refractivity contribution is -0.386. The Kier molecular flexibility index (Phi) is 19.9. The van der Waals surface area contributed by atoms with Gasteiger partial charge in [-0.1, -0.05) is 11.6 Å². The van der Waals surface area contributed by atoms with Gasteiger partial charge in [0.1, 0.15) is 32.2 Å². The van der Waals surface area contributed by atoms with E-state index >= 15 is 0 Å². The minimum atomic E-state index is -3.66. The van der Waals surface area contributed by atoms with Crippen molar-refractivity contribution in [2.45, 2.75) is 23.6 Å². The summed E-state index contributed by atoms with van der Waals surface area (Å²) in [6.45, 7) is 3.17. The average molecular weight is 1030 g/mol. The lowest BCUT2D eigenvalue weighted by Crippen LogP contribution is -1.99. The molecular weight excluding hydrogens is 998 g/mol. The van der Waals surface area contributed by atoms with Gasteiger partial charge in [0, 0.05) is 28.5 Å². The van der Waals surface area contributed by atoms with E-state index in [4.69, 9.17) is 46.8 Å². The van der Waals surface area contributed by atoms with Gasteiger partial charge in [-0.25, -0.2) is 12.6 Å². The first-order valence-electron chi connectivity index (χ1n) is 16.7. The van der Waals surface area contributed by atoms with Gasteiger partial charge in [0.25, 0.3) is 0 Å². The fraction of sp³-hybridized carbons (Fsp3) is 0.0769. The number of rotatable bonds is 8. The van der Waals surface area contributed by atoms with Crippen molar-refractivity contribution in [3.05, 3.63) is 107 Å². The molecule has 0 fully saturated rings. The number of aryl methyl sites for hydroxylation is 2. The van der Waals surface area contributed by atoms with E-state index in [1.165, 1.54) is 12.1 Å². The van der Waals surface area contributed by atoms with Crippen molar-refractivity contribution in [3.63, 3.8) is 0 Å². The molecule has 1 unspecified atom stereocenters. The zero-order valence-electron chi connectivity index (χ0n) is 33.2. The Labute approximate surface area is 380 Å². The van der Waals surface area contributed by atoms with Crippen LogP contribution < -0.4 is 0 Å². The third kappa shape index (κ3) is 14.5. The summed E-state index contributed by atoms with van der Waals surface area (Å²) < 4.78 is 42.5. The molecule has 0 aliphatic carbocycles. The van der Waals surface area contributed by atoms with E-state index in [2.05, 4.69) is 21.8 Å². The number of hydrogen-bond donors (Lipinski definition) is 11. The van der Waals surface area contributed by atoms with Gasteiger partial charge >= 0.3 is 5.69 Å². The summed E-state index contributed by atoms with van der Waals surface area (Å²) in [6, 6.07) is 8.92. The monoisotopic (exact) mass is 1030 g/mol. The summed E-state index contributed by atoms with van der Waals surface area (Å²) in [5, 5.41) is 102. The molecule has 26 heteroatoms. The van der Waals surface area contributed by atoms with Crippen LogP contribution in [0.15, 0.2) is 62.8 Å². The number of aromatic hydroxyl groups is 10. The standard InChI is InChI=1S/C8H7BrO3.C8H7ClO3.2C8H8O5S.C7H5NO5/c2*1-4-2-5(3-10)6(9)8(12)7(4)11;2*1-14(12,13)7-3-5(4-9)2-6(10)8(7)11;9-3-4-1-2-5(10)7(11)6(4)8(12)13/h2*2-3,11-12H,1H3;2-4,10-11H,1H3;2-4,10-11H,1H2,(H,12,13);1-3,10-11H. The highest BCUT2D eigenvalue weighted by molar-refractivity contribution is 9.10. The third-order valence-electron chi connectivity index (χ3n) is 7.76. The van der Waals surface area contributed by atoms with E-state index in [0.717, 1.165) is 42.7 Å². The Morgan fingerprint density at radius 2 is 1.00 bits per heavy atom. The van der Waals surface area contributed by atoms with E-state index in [0.29, 0.717) is 41.8 Å². The highest BCUT2D eigenvalue weighted by atomic mass is 79.9. The van der Waals surface area contributed by atoms with Crippen molar-refractivity contribution in [3.8, 4) is 57.5 Å². The molecule has 0 amide bonds. The first kappa shape index (κ1) is 55.6. The fourth-order valence-corrected chi connectivity index (χ4v) is 6.63. The number of nitro groups is 1. The number of benzene rings is 5. The van der Waals surface area contributed by atoms with Gasteiger partial charge in [-0.3, -0.25) is 34.1 Å². The number of nitrogens with zero attached hydrogens (tertiary/aromatic N) is 1. The number of nitro benzene ring substituents is 1. The number of carbonyl (C=O) groups is 5. The number of carbonyl (C=O) groups excluding carboxylic acids is 5. The number of sulfone groups is 1. The van der Waals surface area contributed by atoms with E-state index in [1.807, 2.05) is 0 Å². The molecule has 0 aromatic heterocycles. The highest BCUT2D eigenvalue weighted by Gasteiger charge is 2.22. The van der Waals surface area contributed by atoms with Crippen molar-refractivity contribution in [2.75, 3.05) is 6.26 Å². The summed E-state index contributed by atoms with van der Waals surface area (Å²) in [6.07, 6.45) is 3.00. The normalized spacial score (nSPS) is 11.1. The SMILES string of the molecule is C=S(=O)(O)c1cc(C=O)cc(O)c1O.CS(=O)(=O)c1cc(C=O)cc(O)c1O.Cc1cc(C=O)c(Br)c(O)c1O.Cc1cc(C=O)c(Cl)c(O)c1O.O=Cc1ccc(O)c(O)c1[N+](=O)[O-]. The van der Waals surface area contributed by atoms with Gasteiger partial charge < -0.3 is 55.6 Å². The van der Waals surface area contributed by atoms with E-state index < -0.39 is 80.3 Å². The quantitative estimate of drug-likeness (QED) is 0.0303. The Bertz CT molecular complexity index is 2740. The topological polar surface area (TPSA) is 402 Å². The van der Waals surface area contributed by atoms with Crippen molar-refractivity contribution < 1.29 is 97.1 Å². The van der Waals surface area contributed by atoms with Crippen LogP contribution in [0.1, 0.15) is 62.9 Å². The summed E-state index contributed by atoms with van der Waals surface area (Å²) in [7, 11) is -7.31. The molecule has 0 aliphatic heterocycles. The first-order chi connectivity index (χ1) is 29.9. The molecule has 0 spiro atoms. The second kappa shape index (κ2) is 23.3. The second-order valence-corrected chi connectivity index (χ2v) is 17.4. The van der Waals surface area contributed by atoms with Crippen LogP contribution >= 0.6 is 27.5 Å². The summed E-state index contributed by atoms with van der Waals surface area (Å²) in [5.41, 5.74) is 0.292. The van der Waals surface area contributed by atoms with Crippen LogP contribution in [0, 0.1) is 24.0 Å². The number of phenols is 10. The maximum absolute atomic E-state index is 11.1. The van der Waals surface area contributed by atoms with Gasteiger partial charge in [0.15, 0.2) is 80.4 Å². The maximum atomic E-state index is 11.1. The van der Waals surface area contributed by atoms with Crippen LogP contribution in [0.4, 0.5) is 5.69 Å². The molecule has 0 heterocycles. The molecule has 5 aromatic rings.